The first-order valence-corrected chi connectivity index (χ1v) is 27.5. The van der Waals surface area contributed by atoms with Crippen molar-refractivity contribution in [3.8, 4) is 57.1 Å². The maximum Gasteiger partial charge on any atom is 0.335 e. The van der Waals surface area contributed by atoms with Crippen molar-refractivity contribution in [3.05, 3.63) is 203 Å². The molecule has 2 N–H and O–H groups in total. The predicted octanol–water partition coefficient (Wildman–Crippen LogP) is 8.95. The number of benzene rings is 4. The smallest absolute Gasteiger partial charge is 0.335 e. The molecule has 0 atom stereocenters. The third-order valence-corrected chi connectivity index (χ3v) is 14.0. The van der Waals surface area contributed by atoms with E-state index < -0.39 is 35.2 Å². The Kier molecular flexibility index (Phi) is 18.0. The number of ether oxygens (including phenoxy) is 4. The summed E-state index contributed by atoms with van der Waals surface area (Å²) >= 11 is 0. The maximum atomic E-state index is 15.4. The lowest BCUT2D eigenvalue weighted by molar-refractivity contribution is 0.0686. The first-order valence-electron chi connectivity index (χ1n) is 27.5. The number of rotatable bonds is 22. The lowest BCUT2D eigenvalue weighted by Crippen LogP contribution is -2.10. The van der Waals surface area contributed by atoms with Crippen LogP contribution in [-0.4, -0.2) is 129 Å². The van der Waals surface area contributed by atoms with Crippen LogP contribution in [0.1, 0.15) is 54.9 Å². The predicted molar refractivity (Wildman–Crippen MR) is 315 cm³/mol. The minimum absolute atomic E-state index is 0.0307. The average molecular weight is 1230 g/mol. The number of nitrogens with zero attached hydrogens (tertiary/aromatic N) is 16. The molecule has 28 heteroatoms. The van der Waals surface area contributed by atoms with Gasteiger partial charge in [-0.05, 0) is 83.9 Å². The third-order valence-electron chi connectivity index (χ3n) is 14.0. The van der Waals surface area contributed by atoms with E-state index in [1.807, 2.05) is 0 Å². The molecule has 12 rings (SSSR count). The fourth-order valence-corrected chi connectivity index (χ4v) is 9.56. The summed E-state index contributed by atoms with van der Waals surface area (Å²) in [5, 5.41) is 34.6. The molecule has 0 saturated carbocycles. The standard InChI is InChI=1S/2C31H26F2N8O4/c2*1-40-16-27(38-39-40)26-15-34-20(14-35-26)17-45-30-5-3-4-24(37-30)21-13-22(32)19(10-23(21)33)12-29-36-25-7-6-18(31(42)43)11-28(25)41(29)8-9-44-2/h2*3-7,10-11,13-16H,8-9,12,17H2,1-2H3,(H,42,43). The first kappa shape index (κ1) is 60.4. The van der Waals surface area contributed by atoms with E-state index in [1.54, 1.807) is 118 Å². The SMILES string of the molecule is COCCn1c(Cc2cc(F)c(-c3cccc(OCc4cnc(-c5cn(C)nn5)cn4)n3)cc2F)nc2ccc(C(=O)O)cc21.COCCn1c(Cc2cc(F)c(-c3cccc(OCc4cnc(-c5cn(C)nn5)cn4)n3)cc2F)nc2ccc(C(=O)O)cc21. The van der Waals surface area contributed by atoms with Gasteiger partial charge >= 0.3 is 11.9 Å². The Morgan fingerprint density at radius 1 is 0.489 bits per heavy atom. The lowest BCUT2D eigenvalue weighted by atomic mass is 10.0. The monoisotopic (exact) mass is 1220 g/mol. The number of hydrogen-bond acceptors (Lipinski definition) is 18. The number of aromatic carboxylic acids is 2. The van der Waals surface area contributed by atoms with Gasteiger partial charge in [-0.2, -0.15) is 0 Å². The van der Waals surface area contributed by atoms with Gasteiger partial charge in [0.1, 0.15) is 70.9 Å². The molecular formula is C62H52F4N16O8. The molecule has 0 radical (unpaired) electrons. The summed E-state index contributed by atoms with van der Waals surface area (Å²) in [7, 11) is 6.59. The van der Waals surface area contributed by atoms with Crippen LogP contribution in [0.25, 0.3) is 67.4 Å². The molecule has 0 aliphatic heterocycles. The Hall–Kier alpha value is -11.3. The number of carboxylic acid groups (broad SMARTS) is 2. The summed E-state index contributed by atoms with van der Waals surface area (Å²) < 4.78 is 90.3. The molecule has 90 heavy (non-hydrogen) atoms. The van der Waals surface area contributed by atoms with Crippen LogP contribution in [0.15, 0.2) is 134 Å². The van der Waals surface area contributed by atoms with Crippen molar-refractivity contribution >= 4 is 34.0 Å². The lowest BCUT2D eigenvalue weighted by Gasteiger charge is -2.12. The number of carbonyl (C=O) groups is 2. The second-order valence-electron chi connectivity index (χ2n) is 20.2. The van der Waals surface area contributed by atoms with Crippen molar-refractivity contribution in [2.24, 2.45) is 14.1 Å². The molecule has 12 aromatic rings. The summed E-state index contributed by atoms with van der Waals surface area (Å²) in [6.07, 6.45) is 9.61. The van der Waals surface area contributed by atoms with Crippen molar-refractivity contribution < 1.29 is 56.3 Å². The Morgan fingerprint density at radius 3 is 1.29 bits per heavy atom. The van der Waals surface area contributed by atoms with Crippen LogP contribution in [0.5, 0.6) is 11.8 Å². The van der Waals surface area contributed by atoms with Crippen LogP contribution in [0.2, 0.25) is 0 Å². The van der Waals surface area contributed by atoms with Crippen LogP contribution >= 0.6 is 0 Å². The van der Waals surface area contributed by atoms with E-state index in [0.29, 0.717) is 94.2 Å². The van der Waals surface area contributed by atoms with Gasteiger partial charge < -0.3 is 38.3 Å². The number of halogens is 4. The van der Waals surface area contributed by atoms with Gasteiger partial charge in [-0.3, -0.25) is 29.3 Å². The molecule has 8 heterocycles. The minimum atomic E-state index is -1.08. The van der Waals surface area contributed by atoms with Gasteiger partial charge in [-0.15, -0.1) is 10.2 Å². The highest BCUT2D eigenvalue weighted by Gasteiger charge is 2.22. The van der Waals surface area contributed by atoms with Crippen LogP contribution in [0.4, 0.5) is 17.6 Å². The van der Waals surface area contributed by atoms with Gasteiger partial charge in [0, 0.05) is 77.5 Å². The molecule has 0 amide bonds. The molecule has 0 aliphatic carbocycles. The van der Waals surface area contributed by atoms with E-state index in [1.165, 1.54) is 38.5 Å². The summed E-state index contributed by atoms with van der Waals surface area (Å²) in [5.74, 6) is -3.51. The zero-order valence-electron chi connectivity index (χ0n) is 48.4. The highest BCUT2D eigenvalue weighted by Crippen LogP contribution is 2.31. The molecule has 456 valence electrons. The number of hydrogen-bond donors (Lipinski definition) is 2. The molecular weight excluding hydrogens is 1170 g/mol. The minimum Gasteiger partial charge on any atom is -0.478 e. The number of methoxy groups -OCH3 is 2. The molecule has 24 nitrogen and oxygen atoms in total. The molecule has 0 fully saturated rings. The molecule has 0 bridgehead atoms. The van der Waals surface area contributed by atoms with Gasteiger partial charge in [0.2, 0.25) is 11.8 Å². The second kappa shape index (κ2) is 26.8. The number of imidazole rings is 2. The maximum absolute atomic E-state index is 15.4. The number of carboxylic acids is 2. The van der Waals surface area contributed by atoms with Gasteiger partial charge in [-0.25, -0.2) is 47.1 Å². The van der Waals surface area contributed by atoms with Crippen molar-refractivity contribution in [1.82, 2.24) is 79.0 Å². The zero-order valence-corrected chi connectivity index (χ0v) is 48.4. The van der Waals surface area contributed by atoms with Gasteiger partial charge in [0.05, 0.1) is 106 Å². The Morgan fingerprint density at radius 2 is 0.922 bits per heavy atom. The molecule has 0 saturated heterocycles. The second-order valence-corrected chi connectivity index (χ2v) is 20.2. The molecule has 4 aromatic carbocycles. The zero-order chi connectivity index (χ0) is 63.0. The van der Waals surface area contributed by atoms with Crippen molar-refractivity contribution in [3.63, 3.8) is 0 Å². The Balaban J connectivity index is 0.000000185. The largest absolute Gasteiger partial charge is 0.478 e. The van der Waals surface area contributed by atoms with Gasteiger partial charge in [-0.1, -0.05) is 22.6 Å². The summed E-state index contributed by atoms with van der Waals surface area (Å²) in [5.41, 5.74) is 6.24. The van der Waals surface area contributed by atoms with Gasteiger partial charge in [0.15, 0.2) is 0 Å². The molecule has 0 aliphatic rings. The Labute approximate surface area is 508 Å². The normalized spacial score (nSPS) is 11.3. The van der Waals surface area contributed by atoms with E-state index in [2.05, 4.69) is 60.5 Å². The molecule has 0 unspecified atom stereocenters. The van der Waals surface area contributed by atoms with Crippen LogP contribution < -0.4 is 9.47 Å². The summed E-state index contributed by atoms with van der Waals surface area (Å²) in [6.45, 7) is 1.44. The number of pyridine rings is 2. The fourth-order valence-electron chi connectivity index (χ4n) is 9.56. The average Bonchev–Trinajstić information content (AvgIpc) is 3.10. The van der Waals surface area contributed by atoms with Crippen molar-refractivity contribution in [2.75, 3.05) is 27.4 Å². The number of aryl methyl sites for hydroxylation is 2. The van der Waals surface area contributed by atoms with E-state index >= 15 is 17.6 Å². The highest BCUT2D eigenvalue weighted by molar-refractivity contribution is 5.93. The quantitative estimate of drug-likeness (QED) is 0.0598. The topological polar surface area (TPSA) is 286 Å². The highest BCUT2D eigenvalue weighted by atomic mass is 19.1. The fraction of sp³-hybridized carbons (Fsp3) is 0.194. The van der Waals surface area contributed by atoms with Crippen molar-refractivity contribution in [2.45, 2.75) is 39.1 Å². The molecule has 0 spiro atoms. The van der Waals surface area contributed by atoms with E-state index in [9.17, 15) is 19.8 Å². The summed E-state index contributed by atoms with van der Waals surface area (Å²) in [6, 6.07) is 23.1. The van der Waals surface area contributed by atoms with Crippen LogP contribution in [0.3, 0.4) is 0 Å². The Bertz CT molecular complexity index is 4310. The first-order chi connectivity index (χ1) is 43.6. The third kappa shape index (κ3) is 13.8. The molecule has 8 aromatic heterocycles. The van der Waals surface area contributed by atoms with Crippen molar-refractivity contribution in [1.29, 1.82) is 0 Å². The summed E-state index contributed by atoms with van der Waals surface area (Å²) in [4.78, 5) is 58.2. The number of aromatic nitrogens is 16. The van der Waals surface area contributed by atoms with E-state index in [-0.39, 0.29) is 82.6 Å². The van der Waals surface area contributed by atoms with Gasteiger partial charge in [0.25, 0.3) is 0 Å². The van der Waals surface area contributed by atoms with E-state index in [0.717, 1.165) is 24.3 Å². The van der Waals surface area contributed by atoms with E-state index in [4.69, 9.17) is 18.9 Å². The number of fused-ring (bicyclic) bond motifs is 2. The van der Waals surface area contributed by atoms with Crippen LogP contribution in [-0.2, 0) is 62.7 Å². The van der Waals surface area contributed by atoms with Crippen LogP contribution in [0, 0.1) is 23.3 Å².